The molecular formula is C17H18N4O2S. The first-order valence-corrected chi connectivity index (χ1v) is 7.60. The topological polar surface area (TPSA) is 74.8 Å². The third-order valence-electron chi connectivity index (χ3n) is 2.97. The summed E-state index contributed by atoms with van der Waals surface area (Å²) in [6, 6.07) is 14.7. The minimum Gasteiger partial charge on any atom is -0.495 e. The molecule has 0 aromatic heterocycles. The molecule has 6 nitrogen and oxygen atoms in total. The lowest BCUT2D eigenvalue weighted by Gasteiger charge is -2.10. The molecular weight excluding hydrogens is 324 g/mol. The number of carbonyl (C=O) groups excluding carboxylic acids is 1. The van der Waals surface area contributed by atoms with Crippen LogP contribution < -0.4 is 20.8 Å². The van der Waals surface area contributed by atoms with Crippen molar-refractivity contribution >= 4 is 40.8 Å². The Kier molecular flexibility index (Phi) is 6.27. The Morgan fingerprint density at radius 1 is 1.12 bits per heavy atom. The Balaban J connectivity index is 1.89. The van der Waals surface area contributed by atoms with Crippen molar-refractivity contribution in [1.29, 1.82) is 0 Å². The van der Waals surface area contributed by atoms with E-state index in [1.807, 2.05) is 36.4 Å². The number of hydrogen-bond acceptors (Lipinski definition) is 4. The monoisotopic (exact) mass is 342 g/mol. The highest BCUT2D eigenvalue weighted by molar-refractivity contribution is 7.80. The van der Waals surface area contributed by atoms with Gasteiger partial charge in [0, 0.05) is 12.6 Å². The summed E-state index contributed by atoms with van der Waals surface area (Å²) in [6.45, 7) is 1.47. The first-order valence-electron chi connectivity index (χ1n) is 7.19. The summed E-state index contributed by atoms with van der Waals surface area (Å²) in [5.41, 5.74) is 5.11. The molecule has 0 fully saturated rings. The van der Waals surface area contributed by atoms with Crippen molar-refractivity contribution in [3.8, 4) is 5.75 Å². The smallest absolute Gasteiger partial charge is 0.221 e. The highest BCUT2D eigenvalue weighted by Gasteiger charge is 2.02. The number of amides is 1. The number of nitrogens with one attached hydrogen (secondary N) is 3. The first kappa shape index (κ1) is 17.4. The Bertz CT molecular complexity index is 745. The number of ether oxygens (including phenoxy) is 1. The Labute approximate surface area is 145 Å². The van der Waals surface area contributed by atoms with Gasteiger partial charge in [-0.1, -0.05) is 24.3 Å². The van der Waals surface area contributed by atoms with Crippen molar-refractivity contribution in [2.45, 2.75) is 6.92 Å². The molecule has 2 rings (SSSR count). The molecule has 0 unspecified atom stereocenters. The van der Waals surface area contributed by atoms with Crippen LogP contribution in [0.3, 0.4) is 0 Å². The molecule has 2 aromatic carbocycles. The van der Waals surface area contributed by atoms with Crippen LogP contribution in [0.4, 0.5) is 11.4 Å². The van der Waals surface area contributed by atoms with Gasteiger partial charge in [0.15, 0.2) is 5.11 Å². The quantitative estimate of drug-likeness (QED) is 0.442. The van der Waals surface area contributed by atoms with E-state index in [2.05, 4.69) is 21.2 Å². The van der Waals surface area contributed by atoms with Gasteiger partial charge in [-0.05, 0) is 42.0 Å². The summed E-state index contributed by atoms with van der Waals surface area (Å²) in [4.78, 5) is 11.0. The third kappa shape index (κ3) is 5.36. The van der Waals surface area contributed by atoms with Crippen LogP contribution in [0.2, 0.25) is 0 Å². The van der Waals surface area contributed by atoms with Gasteiger partial charge in [0.2, 0.25) is 5.91 Å². The number of rotatable bonds is 5. The number of hydrazone groups is 1. The normalized spacial score (nSPS) is 10.2. The van der Waals surface area contributed by atoms with E-state index in [0.717, 1.165) is 16.9 Å². The van der Waals surface area contributed by atoms with Crippen LogP contribution in [0.15, 0.2) is 53.6 Å². The van der Waals surface area contributed by atoms with Crippen molar-refractivity contribution in [1.82, 2.24) is 5.43 Å². The van der Waals surface area contributed by atoms with Crippen LogP contribution in [-0.4, -0.2) is 24.3 Å². The SMILES string of the molecule is COc1ccccc1NC(=S)N/N=C\c1ccc(NC(C)=O)cc1. The standard InChI is InChI=1S/C17H18N4O2S/c1-12(22)19-14-9-7-13(8-10-14)11-18-21-17(24)20-15-5-3-4-6-16(15)23-2/h3-11H,1-2H3,(H,19,22)(H2,20,21,24)/b18-11-. The fourth-order valence-corrected chi connectivity index (χ4v) is 2.08. The Morgan fingerprint density at radius 2 is 1.83 bits per heavy atom. The van der Waals surface area contributed by atoms with Gasteiger partial charge in [0.05, 0.1) is 19.0 Å². The second kappa shape index (κ2) is 8.64. The molecule has 0 aliphatic carbocycles. The van der Waals surface area contributed by atoms with Gasteiger partial charge in [-0.15, -0.1) is 0 Å². The van der Waals surface area contributed by atoms with Crippen molar-refractivity contribution in [3.63, 3.8) is 0 Å². The number of hydrogen-bond donors (Lipinski definition) is 3. The lowest BCUT2D eigenvalue weighted by molar-refractivity contribution is -0.114. The average Bonchev–Trinajstić information content (AvgIpc) is 2.56. The van der Waals surface area contributed by atoms with E-state index in [-0.39, 0.29) is 5.91 Å². The van der Waals surface area contributed by atoms with Crippen LogP contribution >= 0.6 is 12.2 Å². The number of carbonyl (C=O) groups is 1. The number of benzene rings is 2. The zero-order valence-electron chi connectivity index (χ0n) is 13.4. The van der Waals surface area contributed by atoms with Crippen LogP contribution in [-0.2, 0) is 4.79 Å². The largest absolute Gasteiger partial charge is 0.495 e. The van der Waals surface area contributed by atoms with Gasteiger partial charge in [-0.2, -0.15) is 5.10 Å². The van der Waals surface area contributed by atoms with Gasteiger partial charge < -0.3 is 15.4 Å². The van der Waals surface area contributed by atoms with E-state index in [1.54, 1.807) is 25.5 Å². The molecule has 0 aliphatic rings. The van der Waals surface area contributed by atoms with Gasteiger partial charge >= 0.3 is 0 Å². The fourth-order valence-electron chi connectivity index (χ4n) is 1.92. The van der Waals surface area contributed by atoms with Crippen LogP contribution in [0.1, 0.15) is 12.5 Å². The maximum Gasteiger partial charge on any atom is 0.221 e. The van der Waals surface area contributed by atoms with Crippen molar-refractivity contribution in [2.24, 2.45) is 5.10 Å². The molecule has 7 heteroatoms. The maximum absolute atomic E-state index is 11.0. The zero-order chi connectivity index (χ0) is 17.4. The summed E-state index contributed by atoms with van der Waals surface area (Å²) in [7, 11) is 1.60. The lowest BCUT2D eigenvalue weighted by atomic mass is 10.2. The summed E-state index contributed by atoms with van der Waals surface area (Å²) >= 11 is 5.19. The summed E-state index contributed by atoms with van der Waals surface area (Å²) < 4.78 is 5.24. The van der Waals surface area contributed by atoms with Gasteiger partial charge in [0.1, 0.15) is 5.75 Å². The van der Waals surface area contributed by atoms with Crippen molar-refractivity contribution in [3.05, 3.63) is 54.1 Å². The zero-order valence-corrected chi connectivity index (χ0v) is 14.2. The molecule has 0 bridgehead atoms. The highest BCUT2D eigenvalue weighted by atomic mass is 32.1. The number of thiocarbonyl (C=S) groups is 1. The predicted molar refractivity (Wildman–Crippen MR) is 101 cm³/mol. The predicted octanol–water partition coefficient (Wildman–Crippen LogP) is 2.97. The summed E-state index contributed by atoms with van der Waals surface area (Å²) in [6.07, 6.45) is 1.63. The molecule has 2 aromatic rings. The molecule has 0 saturated heterocycles. The van der Waals surface area contributed by atoms with E-state index in [9.17, 15) is 4.79 Å². The molecule has 0 spiro atoms. The average molecular weight is 342 g/mol. The summed E-state index contributed by atoms with van der Waals surface area (Å²) in [5, 5.41) is 10.1. The third-order valence-corrected chi connectivity index (χ3v) is 3.16. The molecule has 0 saturated carbocycles. The van der Waals surface area contributed by atoms with Crippen LogP contribution in [0.25, 0.3) is 0 Å². The van der Waals surface area contributed by atoms with Gasteiger partial charge in [0.25, 0.3) is 0 Å². The van der Waals surface area contributed by atoms with Crippen molar-refractivity contribution in [2.75, 3.05) is 17.7 Å². The molecule has 24 heavy (non-hydrogen) atoms. The van der Waals surface area contributed by atoms with E-state index >= 15 is 0 Å². The van der Waals surface area contributed by atoms with Gasteiger partial charge in [-0.3, -0.25) is 10.2 Å². The van der Waals surface area contributed by atoms with Crippen molar-refractivity contribution < 1.29 is 9.53 Å². The number of nitrogens with zero attached hydrogens (tertiary/aromatic N) is 1. The molecule has 3 N–H and O–H groups in total. The number of methoxy groups -OCH3 is 1. The molecule has 0 radical (unpaired) electrons. The lowest BCUT2D eigenvalue weighted by Crippen LogP contribution is -2.24. The van der Waals surface area contributed by atoms with Crippen LogP contribution in [0.5, 0.6) is 5.75 Å². The van der Waals surface area contributed by atoms with E-state index < -0.39 is 0 Å². The minimum atomic E-state index is -0.106. The van der Waals surface area contributed by atoms with Gasteiger partial charge in [-0.25, -0.2) is 0 Å². The molecule has 0 atom stereocenters. The molecule has 1 amide bonds. The Hall–Kier alpha value is -2.93. The van der Waals surface area contributed by atoms with E-state index in [0.29, 0.717) is 10.9 Å². The van der Waals surface area contributed by atoms with Crippen LogP contribution in [0, 0.1) is 0 Å². The summed E-state index contributed by atoms with van der Waals surface area (Å²) in [5.74, 6) is 0.588. The fraction of sp³-hybridized carbons (Fsp3) is 0.118. The Morgan fingerprint density at radius 3 is 2.50 bits per heavy atom. The number of para-hydroxylation sites is 2. The van der Waals surface area contributed by atoms with E-state index in [1.165, 1.54) is 6.92 Å². The van der Waals surface area contributed by atoms with E-state index in [4.69, 9.17) is 17.0 Å². The molecule has 124 valence electrons. The second-order valence-electron chi connectivity index (χ2n) is 4.83. The number of anilines is 2. The second-order valence-corrected chi connectivity index (χ2v) is 5.24. The minimum absolute atomic E-state index is 0.106. The molecule has 0 aliphatic heterocycles. The highest BCUT2D eigenvalue weighted by Crippen LogP contribution is 2.22. The maximum atomic E-state index is 11.0. The first-order chi connectivity index (χ1) is 11.6. The molecule has 0 heterocycles.